The molecule has 29 heavy (non-hydrogen) atoms. The molecular formula is C21H15F2N3O3. The highest BCUT2D eigenvalue weighted by Crippen LogP contribution is 2.28. The van der Waals surface area contributed by atoms with Crippen LogP contribution < -0.4 is 11.1 Å². The normalized spacial score (nSPS) is 11.0. The van der Waals surface area contributed by atoms with Crippen molar-refractivity contribution in [3.63, 3.8) is 0 Å². The Labute approximate surface area is 163 Å². The SMILES string of the molecule is Cc1cc2oc(=O)n(C)c2cc1-c1ccc(NC(=O)c2c(F)cccc2F)nc1. The van der Waals surface area contributed by atoms with E-state index in [9.17, 15) is 18.4 Å². The summed E-state index contributed by atoms with van der Waals surface area (Å²) in [6, 6.07) is 10.0. The van der Waals surface area contributed by atoms with Gasteiger partial charge in [0.1, 0.15) is 23.0 Å². The van der Waals surface area contributed by atoms with Crippen LogP contribution in [0.2, 0.25) is 0 Å². The van der Waals surface area contributed by atoms with Gasteiger partial charge in [-0.15, -0.1) is 0 Å². The minimum absolute atomic E-state index is 0.149. The number of benzene rings is 2. The van der Waals surface area contributed by atoms with Crippen LogP contribution in [0, 0.1) is 18.6 Å². The summed E-state index contributed by atoms with van der Waals surface area (Å²) in [6.07, 6.45) is 1.53. The van der Waals surface area contributed by atoms with Crippen molar-refractivity contribution in [2.75, 3.05) is 5.32 Å². The molecule has 2 aromatic carbocycles. The largest absolute Gasteiger partial charge is 0.419 e. The molecule has 0 atom stereocenters. The number of fused-ring (bicyclic) bond motifs is 1. The first kappa shape index (κ1) is 18.5. The highest BCUT2D eigenvalue weighted by molar-refractivity contribution is 6.04. The molecule has 0 aliphatic heterocycles. The molecule has 6 nitrogen and oxygen atoms in total. The molecule has 4 aromatic rings. The minimum atomic E-state index is -0.950. The number of rotatable bonds is 3. The monoisotopic (exact) mass is 395 g/mol. The Hall–Kier alpha value is -3.81. The van der Waals surface area contributed by atoms with Crippen molar-refractivity contribution in [3.8, 4) is 11.1 Å². The smallest absolute Gasteiger partial charge is 0.408 e. The number of nitrogens with zero attached hydrogens (tertiary/aromatic N) is 2. The highest BCUT2D eigenvalue weighted by Gasteiger charge is 2.17. The van der Waals surface area contributed by atoms with Gasteiger partial charge in [0.15, 0.2) is 5.58 Å². The van der Waals surface area contributed by atoms with Gasteiger partial charge in [-0.1, -0.05) is 6.07 Å². The topological polar surface area (TPSA) is 77.1 Å². The average molecular weight is 395 g/mol. The lowest BCUT2D eigenvalue weighted by Crippen LogP contribution is -2.16. The summed E-state index contributed by atoms with van der Waals surface area (Å²) in [5, 5.41) is 2.38. The van der Waals surface area contributed by atoms with Gasteiger partial charge < -0.3 is 9.73 Å². The lowest BCUT2D eigenvalue weighted by molar-refractivity contribution is 0.101. The number of aryl methyl sites for hydroxylation is 2. The van der Waals surface area contributed by atoms with Gasteiger partial charge in [-0.3, -0.25) is 9.36 Å². The van der Waals surface area contributed by atoms with Gasteiger partial charge in [-0.05, 0) is 54.4 Å². The van der Waals surface area contributed by atoms with Gasteiger partial charge in [0.25, 0.3) is 5.91 Å². The number of halogens is 2. The van der Waals surface area contributed by atoms with Crippen LogP contribution in [0.5, 0.6) is 0 Å². The number of amides is 1. The number of carbonyl (C=O) groups is 1. The maximum absolute atomic E-state index is 13.7. The van der Waals surface area contributed by atoms with Gasteiger partial charge in [-0.2, -0.15) is 0 Å². The number of oxazole rings is 1. The van der Waals surface area contributed by atoms with E-state index < -0.39 is 28.9 Å². The standard InChI is InChI=1S/C21H15F2N3O3/c1-11-8-17-16(26(2)21(28)29-17)9-13(11)12-6-7-18(24-10-12)25-20(27)19-14(22)4-3-5-15(19)23/h3-10H,1-2H3,(H,24,25,27). The van der Waals surface area contributed by atoms with Gasteiger partial charge in [0.05, 0.1) is 5.52 Å². The minimum Gasteiger partial charge on any atom is -0.408 e. The Bertz CT molecular complexity index is 1290. The Kier molecular flexibility index (Phi) is 4.46. The van der Waals surface area contributed by atoms with Crippen LogP contribution in [-0.2, 0) is 7.05 Å². The molecule has 4 rings (SSSR count). The van der Waals surface area contributed by atoms with Crippen LogP contribution >= 0.6 is 0 Å². The number of carbonyl (C=O) groups excluding carboxylic acids is 1. The van der Waals surface area contributed by atoms with Crippen molar-refractivity contribution in [3.05, 3.63) is 82.0 Å². The third-order valence-corrected chi connectivity index (χ3v) is 4.64. The molecule has 2 heterocycles. The molecule has 0 aliphatic carbocycles. The number of anilines is 1. The van der Waals surface area contributed by atoms with Crippen LogP contribution in [0.3, 0.4) is 0 Å². The highest BCUT2D eigenvalue weighted by atomic mass is 19.1. The van der Waals surface area contributed by atoms with E-state index in [1.54, 1.807) is 19.2 Å². The third-order valence-electron chi connectivity index (χ3n) is 4.64. The molecule has 1 amide bonds. The fourth-order valence-electron chi connectivity index (χ4n) is 3.11. The Morgan fingerprint density at radius 3 is 2.52 bits per heavy atom. The van der Waals surface area contributed by atoms with Crippen LogP contribution in [0.25, 0.3) is 22.2 Å². The number of nitrogens with one attached hydrogen (secondary N) is 1. The Balaban J connectivity index is 1.64. The van der Waals surface area contributed by atoms with Gasteiger partial charge >= 0.3 is 5.76 Å². The van der Waals surface area contributed by atoms with E-state index in [2.05, 4.69) is 10.3 Å². The molecular weight excluding hydrogens is 380 g/mol. The molecule has 1 N–H and O–H groups in total. The first-order valence-corrected chi connectivity index (χ1v) is 8.67. The second-order valence-corrected chi connectivity index (χ2v) is 6.54. The maximum atomic E-state index is 13.7. The van der Waals surface area contributed by atoms with E-state index in [-0.39, 0.29) is 5.82 Å². The summed E-state index contributed by atoms with van der Waals surface area (Å²) in [5.74, 6) is -3.13. The number of hydrogen-bond acceptors (Lipinski definition) is 4. The summed E-state index contributed by atoms with van der Waals surface area (Å²) < 4.78 is 34.1. The summed E-state index contributed by atoms with van der Waals surface area (Å²) in [7, 11) is 1.62. The van der Waals surface area contributed by atoms with Crippen LogP contribution in [0.15, 0.2) is 57.9 Å². The number of hydrogen-bond donors (Lipinski definition) is 1. The van der Waals surface area contributed by atoms with Crippen molar-refractivity contribution >= 4 is 22.8 Å². The van der Waals surface area contributed by atoms with Crippen LogP contribution in [0.4, 0.5) is 14.6 Å². The summed E-state index contributed by atoms with van der Waals surface area (Å²) in [5.41, 5.74) is 2.91. The van der Waals surface area contributed by atoms with Gasteiger partial charge in [0, 0.05) is 18.8 Å². The predicted molar refractivity (Wildman–Crippen MR) is 104 cm³/mol. The molecule has 0 bridgehead atoms. The summed E-state index contributed by atoms with van der Waals surface area (Å²) in [4.78, 5) is 28.0. The molecule has 0 spiro atoms. The van der Waals surface area contributed by atoms with E-state index in [4.69, 9.17) is 4.42 Å². The lowest BCUT2D eigenvalue weighted by atomic mass is 10.0. The second-order valence-electron chi connectivity index (χ2n) is 6.54. The fourth-order valence-corrected chi connectivity index (χ4v) is 3.11. The predicted octanol–water partition coefficient (Wildman–Crippen LogP) is 4.03. The summed E-state index contributed by atoms with van der Waals surface area (Å²) in [6.45, 7) is 1.87. The van der Waals surface area contributed by atoms with E-state index in [1.807, 2.05) is 13.0 Å². The molecule has 2 aromatic heterocycles. The first-order valence-electron chi connectivity index (χ1n) is 8.67. The van der Waals surface area contributed by atoms with E-state index in [0.717, 1.165) is 28.8 Å². The van der Waals surface area contributed by atoms with Crippen molar-refractivity contribution in [2.24, 2.45) is 7.05 Å². The van der Waals surface area contributed by atoms with Crippen molar-refractivity contribution in [2.45, 2.75) is 6.92 Å². The van der Waals surface area contributed by atoms with Crippen LogP contribution in [-0.4, -0.2) is 15.5 Å². The molecule has 0 unspecified atom stereocenters. The maximum Gasteiger partial charge on any atom is 0.419 e. The third kappa shape index (κ3) is 3.29. The van der Waals surface area contributed by atoms with E-state index in [1.165, 1.54) is 22.9 Å². The number of aromatic nitrogens is 2. The first-order chi connectivity index (χ1) is 13.8. The van der Waals surface area contributed by atoms with Crippen molar-refractivity contribution < 1.29 is 18.0 Å². The van der Waals surface area contributed by atoms with Crippen LogP contribution in [0.1, 0.15) is 15.9 Å². The molecule has 0 radical (unpaired) electrons. The molecule has 146 valence electrons. The van der Waals surface area contributed by atoms with Gasteiger partial charge in [-0.25, -0.2) is 18.6 Å². The Morgan fingerprint density at radius 1 is 1.14 bits per heavy atom. The quantitative estimate of drug-likeness (QED) is 0.568. The molecule has 0 fully saturated rings. The van der Waals surface area contributed by atoms with Gasteiger partial charge in [0.2, 0.25) is 0 Å². The molecule has 8 heteroatoms. The van der Waals surface area contributed by atoms with E-state index in [0.29, 0.717) is 11.1 Å². The molecule has 0 saturated heterocycles. The van der Waals surface area contributed by atoms with Crippen molar-refractivity contribution in [1.29, 1.82) is 0 Å². The second kappa shape index (κ2) is 6.97. The zero-order valence-electron chi connectivity index (χ0n) is 15.5. The Morgan fingerprint density at radius 2 is 1.86 bits per heavy atom. The summed E-state index contributed by atoms with van der Waals surface area (Å²) >= 11 is 0. The zero-order chi connectivity index (χ0) is 20.7. The lowest BCUT2D eigenvalue weighted by Gasteiger charge is -2.09. The average Bonchev–Trinajstić information content (AvgIpc) is 2.95. The van der Waals surface area contributed by atoms with Crippen molar-refractivity contribution in [1.82, 2.24) is 9.55 Å². The fraction of sp³-hybridized carbons (Fsp3) is 0.0952. The molecule has 0 saturated carbocycles. The molecule has 0 aliphatic rings. The zero-order valence-corrected chi connectivity index (χ0v) is 15.5. The van der Waals surface area contributed by atoms with E-state index >= 15 is 0 Å². The number of pyridine rings is 1.